The number of halogens is 1. The molecule has 1 aromatic carbocycles. The highest BCUT2D eigenvalue weighted by atomic mass is 19.1. The van der Waals surface area contributed by atoms with Crippen LogP contribution in [-0.4, -0.2) is 0 Å². The highest BCUT2D eigenvalue weighted by Gasteiger charge is 2.36. The largest absolute Gasteiger partial charge is 0.207 e. The van der Waals surface area contributed by atoms with Crippen LogP contribution < -0.4 is 0 Å². The Morgan fingerprint density at radius 1 is 0.778 bits per heavy atom. The fourth-order valence-corrected chi connectivity index (χ4v) is 8.15. The smallest absolute Gasteiger partial charge is 0.126 e. The van der Waals surface area contributed by atoms with Gasteiger partial charge in [0.15, 0.2) is 0 Å². The summed E-state index contributed by atoms with van der Waals surface area (Å²) >= 11 is 0. The third-order valence-electron chi connectivity index (χ3n) is 10.6. The van der Waals surface area contributed by atoms with Crippen molar-refractivity contribution in [3.05, 3.63) is 47.8 Å². The quantitative estimate of drug-likeness (QED) is 0.189. The van der Waals surface area contributed by atoms with Gasteiger partial charge >= 0.3 is 0 Å². The molecule has 0 saturated heterocycles. The molecule has 0 N–H and O–H groups in total. The van der Waals surface area contributed by atoms with E-state index >= 15 is 0 Å². The Kier molecular flexibility index (Phi) is 11.4. The third kappa shape index (κ3) is 8.19. The zero-order valence-electron chi connectivity index (χ0n) is 23.5. The van der Waals surface area contributed by atoms with E-state index in [9.17, 15) is 4.39 Å². The summed E-state index contributed by atoms with van der Waals surface area (Å²) in [6.07, 6.45) is 29.6. The van der Waals surface area contributed by atoms with Crippen LogP contribution in [0.4, 0.5) is 4.39 Å². The number of aryl methyl sites for hydroxylation is 1. The molecule has 0 spiro atoms. The Balaban J connectivity index is 1.13. The minimum absolute atomic E-state index is 0.00110. The lowest BCUT2D eigenvalue weighted by Gasteiger charge is -2.43. The Labute approximate surface area is 222 Å². The minimum atomic E-state index is 0.00110. The van der Waals surface area contributed by atoms with Crippen molar-refractivity contribution in [3.63, 3.8) is 0 Å². The van der Waals surface area contributed by atoms with Crippen LogP contribution in [-0.2, 0) is 6.42 Å². The maximum absolute atomic E-state index is 14.6. The Hall–Kier alpha value is -1.11. The van der Waals surface area contributed by atoms with E-state index in [2.05, 4.69) is 19.6 Å². The van der Waals surface area contributed by atoms with Crippen molar-refractivity contribution in [2.24, 2.45) is 29.6 Å². The summed E-state index contributed by atoms with van der Waals surface area (Å²) in [4.78, 5) is 0. The molecule has 202 valence electrons. The molecule has 0 amide bonds. The average Bonchev–Trinajstić information content (AvgIpc) is 2.91. The van der Waals surface area contributed by atoms with E-state index in [4.69, 9.17) is 0 Å². The Bertz CT molecular complexity index is 773. The topological polar surface area (TPSA) is 0 Å². The molecule has 3 fully saturated rings. The first-order chi connectivity index (χ1) is 17.7. The molecule has 0 nitrogen and oxygen atoms in total. The van der Waals surface area contributed by atoms with E-state index < -0.39 is 0 Å². The van der Waals surface area contributed by atoms with Gasteiger partial charge in [-0.15, -0.1) is 6.58 Å². The SMILES string of the molecule is C=CCCc1ccc(C2CCC3CC(CCC4CCC(CCCCCCC)CC4)CCC3C2)cc1F. The van der Waals surface area contributed by atoms with E-state index in [1.165, 1.54) is 121 Å². The summed E-state index contributed by atoms with van der Waals surface area (Å²) in [6, 6.07) is 6.12. The van der Waals surface area contributed by atoms with Crippen LogP contribution in [0.1, 0.15) is 146 Å². The number of benzene rings is 1. The second-order valence-electron chi connectivity index (χ2n) is 13.1. The Morgan fingerprint density at radius 3 is 2.19 bits per heavy atom. The first-order valence-electron chi connectivity index (χ1n) is 16.0. The molecule has 0 bridgehead atoms. The molecular weight excluding hydrogens is 439 g/mol. The number of rotatable bonds is 13. The number of unbranched alkanes of at least 4 members (excludes halogenated alkanes) is 4. The van der Waals surface area contributed by atoms with Crippen LogP contribution in [0.2, 0.25) is 0 Å². The van der Waals surface area contributed by atoms with E-state index in [0.717, 1.165) is 48.0 Å². The van der Waals surface area contributed by atoms with Gasteiger partial charge in [0, 0.05) is 0 Å². The number of allylic oxidation sites excluding steroid dienone is 1. The van der Waals surface area contributed by atoms with Crippen molar-refractivity contribution in [1.82, 2.24) is 0 Å². The normalized spacial score (nSPS) is 30.6. The second kappa shape index (κ2) is 14.7. The van der Waals surface area contributed by atoms with Crippen LogP contribution in [0, 0.1) is 35.4 Å². The number of hydrogen-bond donors (Lipinski definition) is 0. The van der Waals surface area contributed by atoms with Crippen LogP contribution in [0.5, 0.6) is 0 Å². The van der Waals surface area contributed by atoms with Gasteiger partial charge in [-0.2, -0.15) is 0 Å². The Morgan fingerprint density at radius 2 is 1.44 bits per heavy atom. The monoisotopic (exact) mass is 494 g/mol. The molecule has 0 heterocycles. The zero-order chi connectivity index (χ0) is 25.2. The molecule has 0 aromatic heterocycles. The van der Waals surface area contributed by atoms with Crippen molar-refractivity contribution >= 4 is 0 Å². The van der Waals surface area contributed by atoms with Crippen LogP contribution in [0.25, 0.3) is 0 Å². The molecule has 3 aliphatic rings. The summed E-state index contributed by atoms with van der Waals surface area (Å²) in [5.41, 5.74) is 2.11. The van der Waals surface area contributed by atoms with Crippen molar-refractivity contribution in [2.45, 2.75) is 141 Å². The van der Waals surface area contributed by atoms with E-state index in [0.29, 0.717) is 5.92 Å². The molecule has 1 aromatic rings. The van der Waals surface area contributed by atoms with Gasteiger partial charge < -0.3 is 0 Å². The van der Waals surface area contributed by atoms with Crippen molar-refractivity contribution in [3.8, 4) is 0 Å². The maximum Gasteiger partial charge on any atom is 0.126 e. The lowest BCUT2D eigenvalue weighted by Crippen LogP contribution is -2.30. The standard InChI is InChI=1S/C35H55F/c1-3-5-7-8-9-10-27-12-14-28(15-13-27)16-17-29-18-19-32-25-33(23-22-31(32)24-29)34-21-20-30(11-6-4-2)35(36)26-34/h4,20-21,26-29,31-33H,2-3,5-19,22-25H2,1H3. The molecule has 4 rings (SSSR count). The van der Waals surface area contributed by atoms with Gasteiger partial charge in [0.1, 0.15) is 5.82 Å². The van der Waals surface area contributed by atoms with Crippen molar-refractivity contribution < 1.29 is 4.39 Å². The molecule has 0 radical (unpaired) electrons. The highest BCUT2D eigenvalue weighted by Crippen LogP contribution is 2.49. The zero-order valence-corrected chi connectivity index (χ0v) is 23.5. The summed E-state index contributed by atoms with van der Waals surface area (Å²) in [7, 11) is 0. The van der Waals surface area contributed by atoms with Crippen LogP contribution in [0.15, 0.2) is 30.9 Å². The fraction of sp³-hybridized carbons (Fsp3) is 0.771. The van der Waals surface area contributed by atoms with Crippen LogP contribution in [0.3, 0.4) is 0 Å². The van der Waals surface area contributed by atoms with Gasteiger partial charge in [-0.05, 0) is 97.6 Å². The second-order valence-corrected chi connectivity index (χ2v) is 13.1. The molecule has 3 aliphatic carbocycles. The van der Waals surface area contributed by atoms with Gasteiger partial charge in [0.25, 0.3) is 0 Å². The van der Waals surface area contributed by atoms with Crippen molar-refractivity contribution in [1.29, 1.82) is 0 Å². The summed E-state index contributed by atoms with van der Waals surface area (Å²) < 4.78 is 14.6. The average molecular weight is 495 g/mol. The first kappa shape index (κ1) is 27.9. The van der Waals surface area contributed by atoms with E-state index in [1.54, 1.807) is 0 Å². The lowest BCUT2D eigenvalue weighted by molar-refractivity contribution is 0.108. The number of fused-ring (bicyclic) bond motifs is 1. The summed E-state index contributed by atoms with van der Waals surface area (Å²) in [5.74, 6) is 5.47. The molecule has 1 heteroatoms. The molecular formula is C35H55F. The predicted octanol–water partition coefficient (Wildman–Crippen LogP) is 11.2. The predicted molar refractivity (Wildman–Crippen MR) is 154 cm³/mol. The fourth-order valence-electron chi connectivity index (χ4n) is 8.15. The van der Waals surface area contributed by atoms with E-state index in [-0.39, 0.29) is 5.82 Å². The molecule has 3 saturated carbocycles. The molecule has 4 unspecified atom stereocenters. The van der Waals surface area contributed by atoms with Gasteiger partial charge in [-0.1, -0.05) is 109 Å². The maximum atomic E-state index is 14.6. The summed E-state index contributed by atoms with van der Waals surface area (Å²) in [6.45, 7) is 6.08. The highest BCUT2D eigenvalue weighted by molar-refractivity contribution is 5.28. The molecule has 0 aliphatic heterocycles. The molecule has 36 heavy (non-hydrogen) atoms. The van der Waals surface area contributed by atoms with Gasteiger partial charge in [-0.3, -0.25) is 0 Å². The van der Waals surface area contributed by atoms with Crippen molar-refractivity contribution in [2.75, 3.05) is 0 Å². The van der Waals surface area contributed by atoms with E-state index in [1.807, 2.05) is 18.2 Å². The lowest BCUT2D eigenvalue weighted by atomic mass is 9.63. The number of hydrogen-bond acceptors (Lipinski definition) is 0. The molecule has 4 atom stereocenters. The van der Waals surface area contributed by atoms with Gasteiger partial charge in [0.05, 0.1) is 0 Å². The summed E-state index contributed by atoms with van der Waals surface area (Å²) in [5, 5.41) is 0. The minimum Gasteiger partial charge on any atom is -0.207 e. The van der Waals surface area contributed by atoms with Gasteiger partial charge in [-0.25, -0.2) is 4.39 Å². The van der Waals surface area contributed by atoms with Gasteiger partial charge in [0.2, 0.25) is 0 Å². The first-order valence-corrected chi connectivity index (χ1v) is 16.0. The third-order valence-corrected chi connectivity index (χ3v) is 10.6. The van der Waals surface area contributed by atoms with Crippen LogP contribution >= 0.6 is 0 Å².